The van der Waals surface area contributed by atoms with Gasteiger partial charge in [0.05, 0.1) is 13.5 Å². The van der Waals surface area contributed by atoms with E-state index in [2.05, 4.69) is 5.10 Å². The molecule has 5 nitrogen and oxygen atoms in total. The molecule has 1 heterocycles. The summed E-state index contributed by atoms with van der Waals surface area (Å²) in [5.74, 6) is -0.356. The van der Waals surface area contributed by atoms with Crippen LogP contribution in [0.5, 0.6) is 5.75 Å². The summed E-state index contributed by atoms with van der Waals surface area (Å²) in [5.41, 5.74) is -2.48. The Labute approximate surface area is 153 Å². The van der Waals surface area contributed by atoms with Gasteiger partial charge >= 0.3 is 6.18 Å². The molecule has 0 bridgehead atoms. The molecule has 0 aliphatic carbocycles. The molecule has 1 aliphatic rings. The van der Waals surface area contributed by atoms with Crippen molar-refractivity contribution in [3.63, 3.8) is 0 Å². The number of halogens is 3. The summed E-state index contributed by atoms with van der Waals surface area (Å²) in [4.78, 5) is 12.9. The second-order valence-electron chi connectivity index (χ2n) is 6.25. The first kappa shape index (κ1) is 18.9. The van der Waals surface area contributed by atoms with Crippen LogP contribution in [-0.2, 0) is 5.72 Å². The first-order valence-corrected chi connectivity index (χ1v) is 8.08. The second-order valence-corrected chi connectivity index (χ2v) is 6.25. The van der Waals surface area contributed by atoms with E-state index in [9.17, 15) is 23.1 Å². The quantitative estimate of drug-likeness (QED) is 0.888. The number of nitrogens with zero attached hydrogens (tertiary/aromatic N) is 2. The van der Waals surface area contributed by atoms with E-state index in [-0.39, 0.29) is 11.1 Å². The molecule has 0 radical (unpaired) electrons. The summed E-state index contributed by atoms with van der Waals surface area (Å²) in [6.45, 7) is 1.75. The number of ether oxygens (including phenoxy) is 1. The number of methoxy groups -OCH3 is 1. The van der Waals surface area contributed by atoms with Crippen molar-refractivity contribution in [2.45, 2.75) is 25.2 Å². The van der Waals surface area contributed by atoms with Gasteiger partial charge in [0, 0.05) is 11.1 Å². The maximum absolute atomic E-state index is 13.2. The van der Waals surface area contributed by atoms with Crippen LogP contribution in [0.4, 0.5) is 13.2 Å². The molecule has 0 unspecified atom stereocenters. The third-order valence-corrected chi connectivity index (χ3v) is 4.32. The van der Waals surface area contributed by atoms with Crippen LogP contribution in [0, 0.1) is 6.92 Å². The van der Waals surface area contributed by atoms with Gasteiger partial charge in [-0.05, 0) is 31.2 Å². The summed E-state index contributed by atoms with van der Waals surface area (Å²) in [6, 6.07) is 12.2. The van der Waals surface area contributed by atoms with Gasteiger partial charge in [-0.25, -0.2) is 0 Å². The number of amides is 1. The van der Waals surface area contributed by atoms with E-state index >= 15 is 0 Å². The fourth-order valence-electron chi connectivity index (χ4n) is 2.90. The number of carbonyl (C=O) groups is 1. The second kappa shape index (κ2) is 6.70. The lowest BCUT2D eigenvalue weighted by Gasteiger charge is -2.31. The molecule has 1 atom stereocenters. The molecule has 0 saturated carbocycles. The smallest absolute Gasteiger partial charge is 0.431 e. The number of hydrogen-bond acceptors (Lipinski definition) is 4. The molecular weight excluding hydrogens is 361 g/mol. The first-order valence-electron chi connectivity index (χ1n) is 8.08. The Balaban J connectivity index is 2.06. The van der Waals surface area contributed by atoms with Crippen LogP contribution in [0.1, 0.15) is 27.9 Å². The third kappa shape index (κ3) is 3.52. The van der Waals surface area contributed by atoms with Crippen LogP contribution in [0.15, 0.2) is 53.6 Å². The van der Waals surface area contributed by atoms with Gasteiger partial charge in [0.15, 0.2) is 5.72 Å². The fraction of sp³-hybridized carbons (Fsp3) is 0.263. The van der Waals surface area contributed by atoms with Gasteiger partial charge in [-0.1, -0.05) is 29.8 Å². The van der Waals surface area contributed by atoms with Crippen LogP contribution in [0.25, 0.3) is 0 Å². The standard InChI is InChI=1S/C19H17F3N2O3/c1-12-4-3-5-13(10-12)17(25)24-18(26,11-16(23-24)19(20,21)22)14-6-8-15(27-2)9-7-14/h3-10,26H,11H2,1-2H3/t18-/m0/s1. The van der Waals surface area contributed by atoms with Crippen LogP contribution in [0.2, 0.25) is 0 Å². The van der Waals surface area contributed by atoms with Crippen LogP contribution < -0.4 is 4.74 Å². The topological polar surface area (TPSA) is 62.1 Å². The van der Waals surface area contributed by atoms with Crippen molar-refractivity contribution in [2.75, 3.05) is 7.11 Å². The van der Waals surface area contributed by atoms with Gasteiger partial charge in [0.25, 0.3) is 5.91 Å². The Morgan fingerprint density at radius 1 is 1.22 bits per heavy atom. The highest BCUT2D eigenvalue weighted by atomic mass is 19.4. The molecule has 3 rings (SSSR count). The zero-order chi connectivity index (χ0) is 19.8. The number of carbonyl (C=O) groups excluding carboxylic acids is 1. The Kier molecular flexibility index (Phi) is 4.69. The highest BCUT2D eigenvalue weighted by Gasteiger charge is 2.53. The van der Waals surface area contributed by atoms with Gasteiger partial charge in [0.2, 0.25) is 0 Å². The largest absolute Gasteiger partial charge is 0.497 e. The van der Waals surface area contributed by atoms with Gasteiger partial charge in [0.1, 0.15) is 11.5 Å². The maximum atomic E-state index is 13.2. The third-order valence-electron chi connectivity index (χ3n) is 4.32. The van der Waals surface area contributed by atoms with Crippen LogP contribution in [-0.4, -0.2) is 35.0 Å². The zero-order valence-electron chi connectivity index (χ0n) is 14.6. The average molecular weight is 378 g/mol. The Morgan fingerprint density at radius 2 is 1.89 bits per heavy atom. The minimum atomic E-state index is -4.76. The van der Waals surface area contributed by atoms with Crippen molar-refractivity contribution in [3.8, 4) is 5.75 Å². The monoisotopic (exact) mass is 378 g/mol. The minimum absolute atomic E-state index is 0.104. The maximum Gasteiger partial charge on any atom is 0.431 e. The predicted molar refractivity (Wildman–Crippen MR) is 92.3 cm³/mol. The number of rotatable bonds is 3. The summed E-state index contributed by atoms with van der Waals surface area (Å²) >= 11 is 0. The van der Waals surface area contributed by atoms with E-state index in [1.807, 2.05) is 0 Å². The molecule has 8 heteroatoms. The van der Waals surface area contributed by atoms with E-state index in [0.29, 0.717) is 10.8 Å². The first-order chi connectivity index (χ1) is 12.6. The molecular formula is C19H17F3N2O3. The molecule has 0 fully saturated rings. The summed E-state index contributed by atoms with van der Waals surface area (Å²) in [5, 5.41) is 15.0. The number of benzene rings is 2. The highest BCUT2D eigenvalue weighted by molar-refractivity contribution is 6.00. The van der Waals surface area contributed by atoms with Crippen molar-refractivity contribution >= 4 is 11.6 Å². The molecule has 142 valence electrons. The lowest BCUT2D eigenvalue weighted by atomic mass is 9.96. The van der Waals surface area contributed by atoms with Gasteiger partial charge in [-0.3, -0.25) is 4.79 Å². The van der Waals surface area contributed by atoms with Crippen molar-refractivity contribution in [1.29, 1.82) is 0 Å². The fourth-order valence-corrected chi connectivity index (χ4v) is 2.90. The van der Waals surface area contributed by atoms with Crippen molar-refractivity contribution in [1.82, 2.24) is 5.01 Å². The molecule has 0 saturated heterocycles. The SMILES string of the molecule is COc1ccc([C@@]2(O)CC(C(F)(F)F)=NN2C(=O)c2cccc(C)c2)cc1. The predicted octanol–water partition coefficient (Wildman–Crippen LogP) is 3.61. The van der Waals surface area contributed by atoms with Crippen LogP contribution >= 0.6 is 0 Å². The summed E-state index contributed by atoms with van der Waals surface area (Å²) in [6.07, 6.45) is -5.62. The lowest BCUT2D eigenvalue weighted by molar-refractivity contribution is -0.0816. The summed E-state index contributed by atoms with van der Waals surface area (Å²) in [7, 11) is 1.44. The molecule has 1 N–H and O–H groups in total. The number of hydrazone groups is 1. The normalized spacial score (nSPS) is 19.8. The minimum Gasteiger partial charge on any atom is -0.497 e. The molecule has 0 spiro atoms. The Hall–Kier alpha value is -2.87. The van der Waals surface area contributed by atoms with Gasteiger partial charge in [-0.15, -0.1) is 0 Å². The summed E-state index contributed by atoms with van der Waals surface area (Å²) < 4.78 is 44.8. The molecule has 0 aromatic heterocycles. The van der Waals surface area contributed by atoms with E-state index in [4.69, 9.17) is 4.74 Å². The number of alkyl halides is 3. The number of aryl methyl sites for hydroxylation is 1. The van der Waals surface area contributed by atoms with E-state index < -0.39 is 29.9 Å². The van der Waals surface area contributed by atoms with E-state index in [1.54, 1.807) is 19.1 Å². The highest BCUT2D eigenvalue weighted by Crippen LogP contribution is 2.40. The van der Waals surface area contributed by atoms with Gasteiger partial charge in [-0.2, -0.15) is 23.3 Å². The van der Waals surface area contributed by atoms with Crippen molar-refractivity contribution in [3.05, 3.63) is 65.2 Å². The lowest BCUT2D eigenvalue weighted by Crippen LogP contribution is -2.43. The Bertz CT molecular complexity index is 894. The number of aliphatic hydroxyl groups is 1. The van der Waals surface area contributed by atoms with Crippen LogP contribution in [0.3, 0.4) is 0 Å². The molecule has 2 aromatic carbocycles. The van der Waals surface area contributed by atoms with E-state index in [0.717, 1.165) is 5.56 Å². The molecule has 2 aromatic rings. The van der Waals surface area contributed by atoms with E-state index in [1.165, 1.54) is 43.5 Å². The molecule has 1 aliphatic heterocycles. The van der Waals surface area contributed by atoms with Crippen molar-refractivity contribution < 1.29 is 27.8 Å². The molecule has 1 amide bonds. The Morgan fingerprint density at radius 3 is 2.44 bits per heavy atom. The number of hydrogen-bond donors (Lipinski definition) is 1. The molecule has 27 heavy (non-hydrogen) atoms. The van der Waals surface area contributed by atoms with Crippen molar-refractivity contribution in [2.24, 2.45) is 5.10 Å². The van der Waals surface area contributed by atoms with Gasteiger partial charge < -0.3 is 9.84 Å². The zero-order valence-corrected chi connectivity index (χ0v) is 14.6. The average Bonchev–Trinajstić information content (AvgIpc) is 3.00.